The van der Waals surface area contributed by atoms with E-state index in [2.05, 4.69) is 56.4 Å². The Bertz CT molecular complexity index is 1170. The monoisotopic (exact) mass is 431 g/mol. The van der Waals surface area contributed by atoms with Gasteiger partial charge in [-0.3, -0.25) is 4.57 Å². The van der Waals surface area contributed by atoms with Crippen LogP contribution in [-0.4, -0.2) is 57.6 Å². The summed E-state index contributed by atoms with van der Waals surface area (Å²) in [5, 5.41) is 4.11. The Morgan fingerprint density at radius 2 is 1.62 bits per heavy atom. The second-order valence-corrected chi connectivity index (χ2v) is 9.64. The molecule has 4 heterocycles. The first-order valence-corrected chi connectivity index (χ1v) is 11.7. The zero-order valence-electron chi connectivity index (χ0n) is 18.4. The Hall–Kier alpha value is -3.00. The third kappa shape index (κ3) is 3.52. The predicted molar refractivity (Wildman–Crippen MR) is 126 cm³/mol. The number of anilines is 3. The van der Waals surface area contributed by atoms with Crippen LogP contribution >= 0.6 is 0 Å². The van der Waals surface area contributed by atoms with E-state index in [1.807, 2.05) is 0 Å². The summed E-state index contributed by atoms with van der Waals surface area (Å²) in [7, 11) is 2.22. The molecule has 8 nitrogen and oxygen atoms in total. The van der Waals surface area contributed by atoms with Gasteiger partial charge in [-0.05, 0) is 56.0 Å². The van der Waals surface area contributed by atoms with Crippen molar-refractivity contribution in [3.63, 3.8) is 0 Å². The van der Waals surface area contributed by atoms with Crippen molar-refractivity contribution in [2.75, 3.05) is 43.4 Å². The zero-order chi connectivity index (χ0) is 21.7. The summed E-state index contributed by atoms with van der Waals surface area (Å²) < 4.78 is 1.76. The van der Waals surface area contributed by atoms with Crippen molar-refractivity contribution >= 4 is 28.4 Å². The molecule has 0 spiro atoms. The molecule has 32 heavy (non-hydrogen) atoms. The maximum absolute atomic E-state index is 12.5. The van der Waals surface area contributed by atoms with Gasteiger partial charge in [0.2, 0.25) is 5.95 Å². The van der Waals surface area contributed by atoms with Gasteiger partial charge < -0.3 is 15.1 Å². The van der Waals surface area contributed by atoms with Crippen molar-refractivity contribution in [2.24, 2.45) is 11.8 Å². The lowest BCUT2D eigenvalue weighted by Crippen LogP contribution is -2.26. The van der Waals surface area contributed by atoms with Gasteiger partial charge in [-0.25, -0.2) is 14.8 Å². The quantitative estimate of drug-likeness (QED) is 0.680. The molecule has 1 aromatic carbocycles. The third-order valence-electron chi connectivity index (χ3n) is 7.39. The van der Waals surface area contributed by atoms with Gasteiger partial charge in [0.05, 0.1) is 5.39 Å². The van der Waals surface area contributed by atoms with Crippen molar-refractivity contribution < 1.29 is 0 Å². The molecule has 2 saturated heterocycles. The van der Waals surface area contributed by atoms with Crippen molar-refractivity contribution in [1.29, 1.82) is 0 Å². The second kappa shape index (κ2) is 7.85. The van der Waals surface area contributed by atoms with Crippen LogP contribution in [0, 0.1) is 11.8 Å². The van der Waals surface area contributed by atoms with Gasteiger partial charge in [0.15, 0.2) is 5.65 Å². The van der Waals surface area contributed by atoms with E-state index in [4.69, 9.17) is 4.98 Å². The highest BCUT2D eigenvalue weighted by atomic mass is 16.1. The summed E-state index contributed by atoms with van der Waals surface area (Å²) in [4.78, 5) is 30.7. The number of likely N-dealkylation sites (tertiary alicyclic amines) is 1. The molecule has 8 heteroatoms. The van der Waals surface area contributed by atoms with E-state index in [1.54, 1.807) is 17.0 Å². The number of aromatic nitrogens is 4. The first-order valence-electron chi connectivity index (χ1n) is 11.7. The van der Waals surface area contributed by atoms with Gasteiger partial charge in [0.25, 0.3) is 0 Å². The minimum absolute atomic E-state index is 0.181. The van der Waals surface area contributed by atoms with E-state index in [9.17, 15) is 4.79 Å². The van der Waals surface area contributed by atoms with E-state index >= 15 is 0 Å². The maximum Gasteiger partial charge on any atom is 0.349 e. The normalized spacial score (nSPS) is 23.8. The van der Waals surface area contributed by atoms with Crippen LogP contribution < -0.4 is 15.9 Å². The molecule has 3 aliphatic rings. The van der Waals surface area contributed by atoms with E-state index in [1.165, 1.54) is 18.8 Å². The SMILES string of the molecule is CN1CC2CN(c3ccc(Nc4ncc5cnc(=O)n(C6CCCC6)c5n4)cc3)CC2C1. The molecule has 1 aliphatic carbocycles. The first kappa shape index (κ1) is 19.7. The molecular formula is C24H29N7O. The zero-order valence-corrected chi connectivity index (χ0v) is 18.4. The molecular weight excluding hydrogens is 402 g/mol. The van der Waals surface area contributed by atoms with E-state index in [0.717, 1.165) is 61.7 Å². The maximum atomic E-state index is 12.5. The molecule has 3 aromatic rings. The number of nitrogens with one attached hydrogen (secondary N) is 1. The fourth-order valence-electron chi connectivity index (χ4n) is 5.82. The molecule has 0 bridgehead atoms. The average Bonchev–Trinajstić information content (AvgIpc) is 3.51. The number of fused-ring (bicyclic) bond motifs is 2. The van der Waals surface area contributed by atoms with Gasteiger partial charge in [-0.15, -0.1) is 0 Å². The van der Waals surface area contributed by atoms with E-state index in [-0.39, 0.29) is 11.7 Å². The Labute approximate surface area is 187 Å². The van der Waals surface area contributed by atoms with Crippen LogP contribution in [0.4, 0.5) is 17.3 Å². The number of benzene rings is 1. The van der Waals surface area contributed by atoms with Gasteiger partial charge in [-0.2, -0.15) is 4.98 Å². The van der Waals surface area contributed by atoms with Crippen molar-refractivity contribution in [1.82, 2.24) is 24.4 Å². The molecule has 2 aliphatic heterocycles. The molecule has 2 aromatic heterocycles. The van der Waals surface area contributed by atoms with Gasteiger partial charge >= 0.3 is 5.69 Å². The molecule has 1 N–H and O–H groups in total. The second-order valence-electron chi connectivity index (χ2n) is 9.64. The average molecular weight is 432 g/mol. The molecule has 2 unspecified atom stereocenters. The Balaban J connectivity index is 1.22. The minimum atomic E-state index is -0.222. The van der Waals surface area contributed by atoms with Gasteiger partial charge in [0, 0.05) is 56.0 Å². The number of hydrogen-bond acceptors (Lipinski definition) is 7. The molecule has 3 fully saturated rings. The summed E-state index contributed by atoms with van der Waals surface area (Å²) in [5.41, 5.74) is 2.66. The standard InChI is InChI=1S/C24H29N7O/c1-29-12-17-14-30(15-18(17)13-29)20-8-6-19(7-9-20)27-23-25-10-16-11-26-24(32)31(22(16)28-23)21-4-2-3-5-21/h6-11,17-18,21H,2-5,12-15H2,1H3,(H,25,27,28). The Morgan fingerprint density at radius 1 is 0.938 bits per heavy atom. The Kier molecular flexibility index (Phi) is 4.82. The largest absolute Gasteiger partial charge is 0.371 e. The Morgan fingerprint density at radius 3 is 2.34 bits per heavy atom. The van der Waals surface area contributed by atoms with Crippen molar-refractivity contribution in [2.45, 2.75) is 31.7 Å². The summed E-state index contributed by atoms with van der Waals surface area (Å²) in [6.07, 6.45) is 7.62. The summed E-state index contributed by atoms with van der Waals surface area (Å²) in [6.45, 7) is 4.70. The molecule has 1 saturated carbocycles. The number of hydrogen-bond donors (Lipinski definition) is 1. The lowest BCUT2D eigenvalue weighted by molar-refractivity contribution is 0.387. The third-order valence-corrected chi connectivity index (χ3v) is 7.39. The van der Waals surface area contributed by atoms with Crippen LogP contribution in [-0.2, 0) is 0 Å². The fourth-order valence-corrected chi connectivity index (χ4v) is 5.82. The summed E-state index contributed by atoms with van der Waals surface area (Å²) in [6, 6.07) is 8.69. The van der Waals surface area contributed by atoms with Crippen molar-refractivity contribution in [3.8, 4) is 0 Å². The number of nitrogens with zero attached hydrogens (tertiary/aromatic N) is 6. The molecule has 166 valence electrons. The molecule has 0 radical (unpaired) electrons. The summed E-state index contributed by atoms with van der Waals surface area (Å²) >= 11 is 0. The highest BCUT2D eigenvalue weighted by Gasteiger charge is 2.38. The van der Waals surface area contributed by atoms with Gasteiger partial charge in [-0.1, -0.05) is 12.8 Å². The van der Waals surface area contributed by atoms with E-state index in [0.29, 0.717) is 11.6 Å². The van der Waals surface area contributed by atoms with Crippen molar-refractivity contribution in [3.05, 3.63) is 47.1 Å². The predicted octanol–water partition coefficient (Wildman–Crippen LogP) is 3.04. The van der Waals surface area contributed by atoms with Crippen LogP contribution in [0.3, 0.4) is 0 Å². The number of rotatable bonds is 4. The summed E-state index contributed by atoms with van der Waals surface area (Å²) in [5.74, 6) is 2.08. The molecule has 0 amide bonds. The minimum Gasteiger partial charge on any atom is -0.371 e. The lowest BCUT2D eigenvalue weighted by Gasteiger charge is -2.21. The topological polar surface area (TPSA) is 79.2 Å². The first-order chi connectivity index (χ1) is 15.6. The van der Waals surface area contributed by atoms with Crippen LogP contribution in [0.15, 0.2) is 41.5 Å². The highest BCUT2D eigenvalue weighted by Crippen LogP contribution is 2.34. The lowest BCUT2D eigenvalue weighted by atomic mass is 10.0. The highest BCUT2D eigenvalue weighted by molar-refractivity contribution is 5.75. The van der Waals surface area contributed by atoms with Crippen LogP contribution in [0.25, 0.3) is 11.0 Å². The van der Waals surface area contributed by atoms with E-state index < -0.39 is 0 Å². The molecule has 2 atom stereocenters. The fraction of sp³-hybridized carbons (Fsp3) is 0.500. The van der Waals surface area contributed by atoms with Gasteiger partial charge in [0.1, 0.15) is 0 Å². The van der Waals surface area contributed by atoms with Crippen LogP contribution in [0.2, 0.25) is 0 Å². The van der Waals surface area contributed by atoms with Crippen LogP contribution in [0.5, 0.6) is 0 Å². The van der Waals surface area contributed by atoms with Crippen LogP contribution in [0.1, 0.15) is 31.7 Å². The smallest absolute Gasteiger partial charge is 0.349 e. The molecule has 6 rings (SSSR count).